The van der Waals surface area contributed by atoms with Crippen LogP contribution in [0.3, 0.4) is 0 Å². The molecule has 1 fully saturated rings. The highest BCUT2D eigenvalue weighted by atomic mass is 16.5. The van der Waals surface area contributed by atoms with Crippen LogP contribution < -0.4 is 5.32 Å². The Bertz CT molecular complexity index is 400. The normalized spacial score (nSPS) is 20.8. The van der Waals surface area contributed by atoms with Crippen molar-refractivity contribution < 1.29 is 19.1 Å². The number of nitrogens with zero attached hydrogens (tertiary/aromatic N) is 1. The highest BCUT2D eigenvalue weighted by Gasteiger charge is 2.41. The fourth-order valence-electron chi connectivity index (χ4n) is 2.29. The maximum atomic E-state index is 12.3. The van der Waals surface area contributed by atoms with E-state index in [-0.39, 0.29) is 12.5 Å². The highest BCUT2D eigenvalue weighted by molar-refractivity contribution is 6.00. The summed E-state index contributed by atoms with van der Waals surface area (Å²) in [6, 6.07) is -0.535. The standard InChI is InChI=1S/C14H24N2O4/c1-6-20-13(19)10(14(2,3)4)11(17)15-9-7-8-16(5)12(9)18/h9-10H,6-8H2,1-5H3,(H,15,17). The minimum absolute atomic E-state index is 0.116. The number of nitrogens with one attached hydrogen (secondary N) is 1. The van der Waals surface area contributed by atoms with E-state index in [0.29, 0.717) is 13.0 Å². The fraction of sp³-hybridized carbons (Fsp3) is 0.786. The van der Waals surface area contributed by atoms with Crippen LogP contribution in [0.2, 0.25) is 0 Å². The van der Waals surface area contributed by atoms with Crippen LogP contribution in [0.15, 0.2) is 0 Å². The van der Waals surface area contributed by atoms with Gasteiger partial charge < -0.3 is 15.0 Å². The second-order valence-corrected chi connectivity index (χ2v) is 6.16. The van der Waals surface area contributed by atoms with Crippen molar-refractivity contribution in [2.24, 2.45) is 11.3 Å². The molecule has 1 aliphatic rings. The van der Waals surface area contributed by atoms with E-state index in [2.05, 4.69) is 5.32 Å². The van der Waals surface area contributed by atoms with Gasteiger partial charge in [-0.3, -0.25) is 14.4 Å². The van der Waals surface area contributed by atoms with Gasteiger partial charge in [0.25, 0.3) is 0 Å². The van der Waals surface area contributed by atoms with Crippen LogP contribution in [-0.2, 0) is 19.1 Å². The van der Waals surface area contributed by atoms with E-state index in [1.165, 1.54) is 0 Å². The number of ether oxygens (including phenoxy) is 1. The number of carbonyl (C=O) groups is 3. The predicted octanol–water partition coefficient (Wildman–Crippen LogP) is 0.559. The smallest absolute Gasteiger partial charge is 0.319 e. The first-order valence-electron chi connectivity index (χ1n) is 6.90. The van der Waals surface area contributed by atoms with Crippen molar-refractivity contribution in [2.75, 3.05) is 20.2 Å². The first kappa shape index (κ1) is 16.5. The molecule has 0 radical (unpaired) electrons. The largest absolute Gasteiger partial charge is 0.465 e. The Morgan fingerprint density at radius 2 is 2.05 bits per heavy atom. The molecular weight excluding hydrogens is 260 g/mol. The third-order valence-electron chi connectivity index (χ3n) is 3.39. The number of esters is 1. The summed E-state index contributed by atoms with van der Waals surface area (Å²) in [5.74, 6) is -2.02. The van der Waals surface area contributed by atoms with Gasteiger partial charge in [0.1, 0.15) is 12.0 Å². The average molecular weight is 284 g/mol. The van der Waals surface area contributed by atoms with E-state index >= 15 is 0 Å². The molecule has 1 rings (SSSR count). The average Bonchev–Trinajstić information content (AvgIpc) is 2.59. The van der Waals surface area contributed by atoms with Gasteiger partial charge in [0.2, 0.25) is 11.8 Å². The molecule has 114 valence electrons. The number of carbonyl (C=O) groups excluding carboxylic acids is 3. The number of amides is 2. The Balaban J connectivity index is 2.79. The molecule has 1 aliphatic heterocycles. The summed E-state index contributed by atoms with van der Waals surface area (Å²) in [5.41, 5.74) is -0.566. The molecule has 2 atom stereocenters. The molecule has 6 nitrogen and oxygen atoms in total. The van der Waals surface area contributed by atoms with E-state index in [4.69, 9.17) is 4.74 Å². The molecule has 1 saturated heterocycles. The monoisotopic (exact) mass is 284 g/mol. The van der Waals surface area contributed by atoms with Crippen molar-refractivity contribution in [3.63, 3.8) is 0 Å². The first-order chi connectivity index (χ1) is 9.18. The Morgan fingerprint density at radius 1 is 1.45 bits per heavy atom. The van der Waals surface area contributed by atoms with Gasteiger partial charge >= 0.3 is 5.97 Å². The molecule has 1 N–H and O–H groups in total. The van der Waals surface area contributed by atoms with Crippen LogP contribution in [0.4, 0.5) is 0 Å². The Labute approximate surface area is 119 Å². The lowest BCUT2D eigenvalue weighted by Gasteiger charge is -2.28. The van der Waals surface area contributed by atoms with E-state index in [9.17, 15) is 14.4 Å². The van der Waals surface area contributed by atoms with E-state index in [1.807, 2.05) is 0 Å². The SMILES string of the molecule is CCOC(=O)C(C(=O)NC1CCN(C)C1=O)C(C)(C)C. The molecule has 1 heterocycles. The number of likely N-dealkylation sites (tertiary alicyclic amines) is 1. The van der Waals surface area contributed by atoms with Gasteiger partial charge in [-0.2, -0.15) is 0 Å². The zero-order chi connectivity index (χ0) is 15.5. The maximum absolute atomic E-state index is 12.3. The lowest BCUT2D eigenvalue weighted by atomic mass is 9.80. The minimum Gasteiger partial charge on any atom is -0.465 e. The lowest BCUT2D eigenvalue weighted by Crippen LogP contribution is -2.49. The molecule has 0 aromatic heterocycles. The van der Waals surface area contributed by atoms with E-state index in [0.717, 1.165) is 0 Å². The predicted molar refractivity (Wildman–Crippen MR) is 73.8 cm³/mol. The van der Waals surface area contributed by atoms with E-state index < -0.39 is 29.3 Å². The summed E-state index contributed by atoms with van der Waals surface area (Å²) in [5, 5.41) is 2.67. The van der Waals surface area contributed by atoms with Crippen LogP contribution in [0, 0.1) is 11.3 Å². The third-order valence-corrected chi connectivity index (χ3v) is 3.39. The molecule has 20 heavy (non-hydrogen) atoms. The molecule has 0 aromatic rings. The van der Waals surface area contributed by atoms with Gasteiger partial charge in [-0.15, -0.1) is 0 Å². The molecule has 0 spiro atoms. The lowest BCUT2D eigenvalue weighted by molar-refractivity contribution is -0.157. The van der Waals surface area contributed by atoms with Gasteiger partial charge in [0.15, 0.2) is 0 Å². The zero-order valence-electron chi connectivity index (χ0n) is 12.9. The number of hydrogen-bond donors (Lipinski definition) is 1. The first-order valence-corrected chi connectivity index (χ1v) is 6.90. The topological polar surface area (TPSA) is 75.7 Å². The van der Waals surface area contributed by atoms with Gasteiger partial charge in [-0.1, -0.05) is 20.8 Å². The second-order valence-electron chi connectivity index (χ2n) is 6.16. The van der Waals surface area contributed by atoms with Crippen molar-refractivity contribution in [3.8, 4) is 0 Å². The van der Waals surface area contributed by atoms with Gasteiger partial charge in [0.05, 0.1) is 6.61 Å². The van der Waals surface area contributed by atoms with Crippen LogP contribution in [-0.4, -0.2) is 48.9 Å². The Hall–Kier alpha value is -1.59. The molecule has 0 saturated carbocycles. The van der Waals surface area contributed by atoms with Crippen molar-refractivity contribution >= 4 is 17.8 Å². The molecule has 6 heteroatoms. The third kappa shape index (κ3) is 3.71. The molecule has 0 aliphatic carbocycles. The summed E-state index contributed by atoms with van der Waals surface area (Å²) in [6.07, 6.45) is 0.570. The van der Waals surface area contributed by atoms with Crippen molar-refractivity contribution in [3.05, 3.63) is 0 Å². The molecule has 0 aromatic carbocycles. The summed E-state index contributed by atoms with van der Waals surface area (Å²) >= 11 is 0. The van der Waals surface area contributed by atoms with Crippen LogP contribution in [0.5, 0.6) is 0 Å². The van der Waals surface area contributed by atoms with Gasteiger partial charge in [-0.25, -0.2) is 0 Å². The van der Waals surface area contributed by atoms with Crippen molar-refractivity contribution in [1.82, 2.24) is 10.2 Å². The minimum atomic E-state index is -0.916. The molecule has 0 bridgehead atoms. The summed E-state index contributed by atoms with van der Waals surface area (Å²) in [7, 11) is 1.70. The number of hydrogen-bond acceptors (Lipinski definition) is 4. The van der Waals surface area contributed by atoms with Gasteiger partial charge in [-0.05, 0) is 18.8 Å². The zero-order valence-corrected chi connectivity index (χ0v) is 12.9. The maximum Gasteiger partial charge on any atom is 0.319 e. The van der Waals surface area contributed by atoms with Crippen molar-refractivity contribution in [2.45, 2.75) is 40.2 Å². The highest BCUT2D eigenvalue weighted by Crippen LogP contribution is 2.28. The molecular formula is C14H24N2O4. The quantitative estimate of drug-likeness (QED) is 0.604. The van der Waals surface area contributed by atoms with Crippen LogP contribution in [0.1, 0.15) is 34.1 Å². The summed E-state index contributed by atoms with van der Waals surface area (Å²) < 4.78 is 4.97. The fourth-order valence-corrected chi connectivity index (χ4v) is 2.29. The second kappa shape index (κ2) is 6.24. The van der Waals surface area contributed by atoms with E-state index in [1.54, 1.807) is 39.6 Å². The Kier molecular flexibility index (Phi) is 5.14. The summed E-state index contributed by atoms with van der Waals surface area (Å²) in [6.45, 7) is 7.95. The Morgan fingerprint density at radius 3 is 2.45 bits per heavy atom. The van der Waals surface area contributed by atoms with Crippen molar-refractivity contribution in [1.29, 1.82) is 0 Å². The number of rotatable bonds is 4. The van der Waals surface area contributed by atoms with Gasteiger partial charge in [0, 0.05) is 13.6 Å². The molecule has 2 unspecified atom stereocenters. The van der Waals surface area contributed by atoms with Crippen LogP contribution in [0.25, 0.3) is 0 Å². The number of likely N-dealkylation sites (N-methyl/N-ethyl adjacent to an activating group) is 1. The van der Waals surface area contributed by atoms with Crippen LogP contribution >= 0.6 is 0 Å². The summed E-state index contributed by atoms with van der Waals surface area (Å²) in [4.78, 5) is 37.7. The molecule has 2 amide bonds.